The van der Waals surface area contributed by atoms with Crippen LogP contribution in [0.15, 0.2) is 29.6 Å². The van der Waals surface area contributed by atoms with Gasteiger partial charge in [0, 0.05) is 11.1 Å². The van der Waals surface area contributed by atoms with Crippen LogP contribution in [0.4, 0.5) is 0 Å². The Morgan fingerprint density at radius 3 is 2.94 bits per heavy atom. The fourth-order valence-corrected chi connectivity index (χ4v) is 2.68. The Bertz CT molecular complexity index is 503. The highest BCUT2D eigenvalue weighted by atomic mass is 32.1. The van der Waals surface area contributed by atoms with Gasteiger partial charge in [-0.3, -0.25) is 4.79 Å². The van der Waals surface area contributed by atoms with Crippen molar-refractivity contribution in [3.05, 3.63) is 35.2 Å². The molecule has 0 bridgehead atoms. The van der Waals surface area contributed by atoms with Gasteiger partial charge in [0.2, 0.25) is 0 Å². The molecule has 0 spiro atoms. The van der Waals surface area contributed by atoms with Gasteiger partial charge in [-0.05, 0) is 28.8 Å². The van der Waals surface area contributed by atoms with Crippen molar-refractivity contribution in [1.29, 1.82) is 0 Å². The van der Waals surface area contributed by atoms with Gasteiger partial charge < -0.3 is 5.73 Å². The zero-order valence-corrected chi connectivity index (χ0v) is 10.1. The molecular weight excluding hydrogens is 218 g/mol. The molecule has 1 heterocycles. The van der Waals surface area contributed by atoms with Crippen LogP contribution in [-0.2, 0) is 11.2 Å². The van der Waals surface area contributed by atoms with E-state index < -0.39 is 0 Å². The molecule has 0 amide bonds. The minimum atomic E-state index is -0.321. The monoisotopic (exact) mass is 233 g/mol. The van der Waals surface area contributed by atoms with Gasteiger partial charge in [-0.2, -0.15) is 0 Å². The van der Waals surface area contributed by atoms with E-state index >= 15 is 0 Å². The molecule has 0 aliphatic rings. The summed E-state index contributed by atoms with van der Waals surface area (Å²) in [5.74, 6) is 0.131. The third-order valence-electron chi connectivity index (χ3n) is 2.78. The predicted octanol–water partition coefficient (Wildman–Crippen LogP) is 2.75. The van der Waals surface area contributed by atoms with Crippen LogP contribution >= 0.6 is 11.3 Å². The molecule has 2 N–H and O–H groups in total. The average Bonchev–Trinajstić information content (AvgIpc) is 2.72. The van der Waals surface area contributed by atoms with Crippen molar-refractivity contribution in [2.45, 2.75) is 25.8 Å². The maximum absolute atomic E-state index is 11.8. The zero-order valence-electron chi connectivity index (χ0n) is 9.27. The van der Waals surface area contributed by atoms with Crippen LogP contribution in [-0.4, -0.2) is 11.8 Å². The molecule has 0 fully saturated rings. The van der Waals surface area contributed by atoms with Crippen molar-refractivity contribution in [3.8, 4) is 0 Å². The molecule has 2 aromatic rings. The van der Waals surface area contributed by atoms with Crippen LogP contribution in [0.3, 0.4) is 0 Å². The molecule has 0 aliphatic heterocycles. The van der Waals surface area contributed by atoms with E-state index in [1.165, 1.54) is 10.1 Å². The van der Waals surface area contributed by atoms with E-state index in [9.17, 15) is 4.79 Å². The Kier molecular flexibility index (Phi) is 3.36. The standard InChI is InChI=1S/C13H15NOS/c1-2-11(14)12(15)7-9-8-16-13-6-4-3-5-10(9)13/h3-6,8,11H,2,7,14H2,1H3. The maximum Gasteiger partial charge on any atom is 0.153 e. The molecule has 84 valence electrons. The highest BCUT2D eigenvalue weighted by Crippen LogP contribution is 2.26. The van der Waals surface area contributed by atoms with E-state index in [0.717, 1.165) is 5.56 Å². The Labute approximate surface area is 99.1 Å². The van der Waals surface area contributed by atoms with Gasteiger partial charge in [0.1, 0.15) is 0 Å². The van der Waals surface area contributed by atoms with Gasteiger partial charge in [0.05, 0.1) is 6.04 Å². The summed E-state index contributed by atoms with van der Waals surface area (Å²) in [6, 6.07) is 7.84. The van der Waals surface area contributed by atoms with E-state index in [4.69, 9.17) is 5.73 Å². The molecule has 1 aromatic heterocycles. The molecule has 1 aromatic carbocycles. The minimum absolute atomic E-state index is 0.131. The van der Waals surface area contributed by atoms with Crippen molar-refractivity contribution in [2.75, 3.05) is 0 Å². The summed E-state index contributed by atoms with van der Waals surface area (Å²) in [5, 5.41) is 3.24. The van der Waals surface area contributed by atoms with Gasteiger partial charge in [-0.1, -0.05) is 25.1 Å². The van der Waals surface area contributed by atoms with Crippen LogP contribution in [0, 0.1) is 0 Å². The summed E-state index contributed by atoms with van der Waals surface area (Å²) in [6.45, 7) is 1.94. The Balaban J connectivity index is 2.25. The molecule has 0 saturated heterocycles. The number of rotatable bonds is 4. The van der Waals surface area contributed by atoms with E-state index in [1.54, 1.807) is 11.3 Å². The Morgan fingerprint density at radius 1 is 1.44 bits per heavy atom. The number of hydrogen-bond donors (Lipinski definition) is 1. The first kappa shape index (κ1) is 11.3. The first-order valence-corrected chi connectivity index (χ1v) is 6.33. The number of carbonyl (C=O) groups is 1. The third kappa shape index (κ3) is 2.15. The molecule has 2 rings (SSSR count). The summed E-state index contributed by atoms with van der Waals surface area (Å²) in [6.07, 6.45) is 1.17. The highest BCUT2D eigenvalue weighted by Gasteiger charge is 2.13. The largest absolute Gasteiger partial charge is 0.322 e. The second-order valence-electron chi connectivity index (χ2n) is 3.91. The minimum Gasteiger partial charge on any atom is -0.322 e. The maximum atomic E-state index is 11.8. The summed E-state index contributed by atoms with van der Waals surface area (Å²) in [5.41, 5.74) is 6.84. The molecule has 1 unspecified atom stereocenters. The van der Waals surface area contributed by atoms with Crippen molar-refractivity contribution >= 4 is 27.2 Å². The van der Waals surface area contributed by atoms with Gasteiger partial charge in [0.15, 0.2) is 5.78 Å². The van der Waals surface area contributed by atoms with E-state index in [1.807, 2.05) is 19.1 Å². The number of Topliss-reactive ketones (excluding diaryl/α,β-unsaturated/α-hetero) is 1. The van der Waals surface area contributed by atoms with E-state index in [2.05, 4.69) is 17.5 Å². The lowest BCUT2D eigenvalue weighted by Gasteiger charge is -2.06. The molecule has 0 saturated carbocycles. The zero-order chi connectivity index (χ0) is 11.5. The van der Waals surface area contributed by atoms with Crippen molar-refractivity contribution < 1.29 is 4.79 Å². The number of hydrogen-bond acceptors (Lipinski definition) is 3. The van der Waals surface area contributed by atoms with Crippen LogP contribution in [0.1, 0.15) is 18.9 Å². The predicted molar refractivity (Wildman–Crippen MR) is 68.8 cm³/mol. The van der Waals surface area contributed by atoms with Gasteiger partial charge >= 0.3 is 0 Å². The molecule has 1 atom stereocenters. The van der Waals surface area contributed by atoms with Crippen LogP contribution in [0.5, 0.6) is 0 Å². The van der Waals surface area contributed by atoms with E-state index in [0.29, 0.717) is 12.8 Å². The third-order valence-corrected chi connectivity index (χ3v) is 3.79. The highest BCUT2D eigenvalue weighted by molar-refractivity contribution is 7.17. The van der Waals surface area contributed by atoms with Gasteiger partial charge in [-0.15, -0.1) is 11.3 Å². The van der Waals surface area contributed by atoms with Gasteiger partial charge in [0.25, 0.3) is 0 Å². The van der Waals surface area contributed by atoms with Crippen LogP contribution < -0.4 is 5.73 Å². The summed E-state index contributed by atoms with van der Waals surface area (Å²) in [7, 11) is 0. The fraction of sp³-hybridized carbons (Fsp3) is 0.308. The number of carbonyl (C=O) groups excluding carboxylic acids is 1. The first-order valence-electron chi connectivity index (χ1n) is 5.45. The second-order valence-corrected chi connectivity index (χ2v) is 4.83. The van der Waals surface area contributed by atoms with Gasteiger partial charge in [-0.25, -0.2) is 0 Å². The van der Waals surface area contributed by atoms with Crippen molar-refractivity contribution in [1.82, 2.24) is 0 Å². The number of ketones is 1. The Morgan fingerprint density at radius 2 is 2.19 bits per heavy atom. The normalized spacial score (nSPS) is 12.9. The first-order chi connectivity index (χ1) is 7.72. The summed E-state index contributed by atoms with van der Waals surface area (Å²) >= 11 is 1.68. The topological polar surface area (TPSA) is 43.1 Å². The lowest BCUT2D eigenvalue weighted by molar-refractivity contribution is -0.119. The quantitative estimate of drug-likeness (QED) is 0.882. The van der Waals surface area contributed by atoms with E-state index in [-0.39, 0.29) is 11.8 Å². The number of thiophene rings is 1. The van der Waals surface area contributed by atoms with Crippen molar-refractivity contribution in [2.24, 2.45) is 5.73 Å². The molecule has 2 nitrogen and oxygen atoms in total. The smallest absolute Gasteiger partial charge is 0.153 e. The molecule has 3 heteroatoms. The SMILES string of the molecule is CCC(N)C(=O)Cc1csc2ccccc12. The summed E-state index contributed by atoms with van der Waals surface area (Å²) < 4.78 is 1.23. The number of nitrogens with two attached hydrogens (primary N) is 1. The lowest BCUT2D eigenvalue weighted by atomic mass is 10.0. The molecular formula is C13H15NOS. The number of fused-ring (bicyclic) bond motifs is 1. The second kappa shape index (κ2) is 4.76. The molecule has 16 heavy (non-hydrogen) atoms. The van der Waals surface area contributed by atoms with Crippen LogP contribution in [0.25, 0.3) is 10.1 Å². The molecule has 0 aliphatic carbocycles. The Hall–Kier alpha value is -1.19. The van der Waals surface area contributed by atoms with Crippen molar-refractivity contribution in [3.63, 3.8) is 0 Å². The summed E-state index contributed by atoms with van der Waals surface area (Å²) in [4.78, 5) is 11.8. The molecule has 0 radical (unpaired) electrons. The lowest BCUT2D eigenvalue weighted by Crippen LogP contribution is -2.30. The fourth-order valence-electron chi connectivity index (χ4n) is 1.72. The number of benzene rings is 1. The average molecular weight is 233 g/mol. The van der Waals surface area contributed by atoms with Crippen LogP contribution in [0.2, 0.25) is 0 Å².